The van der Waals surface area contributed by atoms with E-state index in [2.05, 4.69) is 10.2 Å². The molecule has 5 nitrogen and oxygen atoms in total. The van der Waals surface area contributed by atoms with Gasteiger partial charge < -0.3 is 4.90 Å². The molecule has 4 rings (SSSR count). The highest BCUT2D eigenvalue weighted by molar-refractivity contribution is 8.00. The maximum Gasteiger partial charge on any atom is 0.240 e. The van der Waals surface area contributed by atoms with Gasteiger partial charge in [0.15, 0.2) is 11.0 Å². The van der Waals surface area contributed by atoms with Crippen LogP contribution in [-0.2, 0) is 4.79 Å². The Morgan fingerprint density at radius 3 is 2.13 bits per heavy atom. The van der Waals surface area contributed by atoms with Crippen molar-refractivity contribution < 1.29 is 4.79 Å². The van der Waals surface area contributed by atoms with Gasteiger partial charge in [0.2, 0.25) is 5.91 Å². The number of hydrogen-bond donors (Lipinski definition) is 0. The lowest BCUT2D eigenvalue weighted by Crippen LogP contribution is -2.27. The molecule has 1 heterocycles. The Morgan fingerprint density at radius 2 is 1.52 bits per heavy atom. The number of likely N-dealkylation sites (N-methyl/N-ethyl adjacent to an activating group) is 1. The van der Waals surface area contributed by atoms with Crippen molar-refractivity contribution >= 4 is 29.3 Å². The van der Waals surface area contributed by atoms with E-state index < -0.39 is 5.25 Å². The molecule has 1 unspecified atom stereocenters. The van der Waals surface area contributed by atoms with Gasteiger partial charge >= 0.3 is 0 Å². The Bertz CT molecular complexity index is 1160. The summed E-state index contributed by atoms with van der Waals surface area (Å²) in [6.45, 7) is 0. The number of nitrogens with zero attached hydrogens (tertiary/aromatic N) is 4. The van der Waals surface area contributed by atoms with Crippen LogP contribution in [0.4, 0.5) is 0 Å². The molecule has 0 spiro atoms. The lowest BCUT2D eigenvalue weighted by atomic mass is 10.1. The summed E-state index contributed by atoms with van der Waals surface area (Å²) in [6.07, 6.45) is 0. The van der Waals surface area contributed by atoms with Crippen LogP contribution in [0.25, 0.3) is 17.1 Å². The normalized spacial score (nSPS) is 11.8. The lowest BCUT2D eigenvalue weighted by Gasteiger charge is -2.20. The average Bonchev–Trinajstić information content (AvgIpc) is 3.22. The standard InChI is InChI=1S/C24H21ClN4OS/c1-28(2)23(30)21(17-9-5-3-6-10-17)31-24-27-26-22(18-13-15-19(25)16-14-18)29(24)20-11-7-4-8-12-20/h3-16,21H,1-2H3. The first kappa shape index (κ1) is 21.2. The van der Waals surface area contributed by atoms with Crippen molar-refractivity contribution in [1.82, 2.24) is 19.7 Å². The zero-order valence-corrected chi connectivity index (χ0v) is 18.7. The van der Waals surface area contributed by atoms with E-state index in [0.717, 1.165) is 16.8 Å². The zero-order valence-electron chi connectivity index (χ0n) is 17.1. The molecule has 4 aromatic rings. The van der Waals surface area contributed by atoms with Crippen molar-refractivity contribution in [3.8, 4) is 17.1 Å². The summed E-state index contributed by atoms with van der Waals surface area (Å²) in [5, 5.41) is 9.79. The molecule has 3 aromatic carbocycles. The van der Waals surface area contributed by atoms with E-state index in [1.165, 1.54) is 11.8 Å². The van der Waals surface area contributed by atoms with E-state index in [9.17, 15) is 4.79 Å². The number of thioether (sulfide) groups is 1. The number of para-hydroxylation sites is 1. The monoisotopic (exact) mass is 448 g/mol. The van der Waals surface area contributed by atoms with Gasteiger partial charge in [0.05, 0.1) is 0 Å². The minimum Gasteiger partial charge on any atom is -0.348 e. The van der Waals surface area contributed by atoms with E-state index in [0.29, 0.717) is 16.0 Å². The van der Waals surface area contributed by atoms with Gasteiger partial charge in [-0.2, -0.15) is 0 Å². The summed E-state index contributed by atoms with van der Waals surface area (Å²) in [5.74, 6) is 0.682. The zero-order chi connectivity index (χ0) is 21.8. The summed E-state index contributed by atoms with van der Waals surface area (Å²) in [6, 6.07) is 27.1. The Morgan fingerprint density at radius 1 is 0.903 bits per heavy atom. The van der Waals surface area contributed by atoms with Gasteiger partial charge in [0, 0.05) is 30.4 Å². The third kappa shape index (κ3) is 4.65. The van der Waals surface area contributed by atoms with Crippen molar-refractivity contribution in [2.24, 2.45) is 0 Å². The van der Waals surface area contributed by atoms with Crippen molar-refractivity contribution in [2.45, 2.75) is 10.4 Å². The molecule has 156 valence electrons. The molecule has 0 bridgehead atoms. The van der Waals surface area contributed by atoms with Crippen LogP contribution in [0.2, 0.25) is 5.02 Å². The van der Waals surface area contributed by atoms with Crippen molar-refractivity contribution in [3.63, 3.8) is 0 Å². The highest BCUT2D eigenvalue weighted by Crippen LogP contribution is 2.38. The van der Waals surface area contributed by atoms with Crippen molar-refractivity contribution in [3.05, 3.63) is 95.5 Å². The molecule has 0 saturated heterocycles. The van der Waals surface area contributed by atoms with E-state index in [4.69, 9.17) is 11.6 Å². The fourth-order valence-corrected chi connectivity index (χ4v) is 4.50. The molecular formula is C24H21ClN4OS. The first-order valence-electron chi connectivity index (χ1n) is 9.74. The fraction of sp³-hybridized carbons (Fsp3) is 0.125. The van der Waals surface area contributed by atoms with Crippen LogP contribution in [0.3, 0.4) is 0 Å². The molecule has 0 N–H and O–H groups in total. The van der Waals surface area contributed by atoms with Crippen LogP contribution in [0.15, 0.2) is 90.1 Å². The number of aromatic nitrogens is 3. The molecule has 0 aliphatic heterocycles. The second kappa shape index (κ2) is 9.37. The van der Waals surface area contributed by atoms with Crippen LogP contribution < -0.4 is 0 Å². The van der Waals surface area contributed by atoms with Crippen molar-refractivity contribution in [1.29, 1.82) is 0 Å². The van der Waals surface area contributed by atoms with Crippen molar-refractivity contribution in [2.75, 3.05) is 14.1 Å². The van der Waals surface area contributed by atoms with Crippen LogP contribution in [0.1, 0.15) is 10.8 Å². The molecule has 1 aromatic heterocycles. The summed E-state index contributed by atoms with van der Waals surface area (Å²) < 4.78 is 1.98. The Balaban J connectivity index is 1.82. The van der Waals surface area contributed by atoms with Gasteiger partial charge in [-0.05, 0) is 42.0 Å². The number of carbonyl (C=O) groups is 1. The summed E-state index contributed by atoms with van der Waals surface area (Å²) in [4.78, 5) is 14.6. The molecule has 1 amide bonds. The van der Waals surface area contributed by atoms with E-state index in [-0.39, 0.29) is 5.91 Å². The SMILES string of the molecule is CN(C)C(=O)C(Sc1nnc(-c2ccc(Cl)cc2)n1-c1ccccc1)c1ccccc1. The Labute approximate surface area is 190 Å². The second-order valence-corrected chi connectivity index (χ2v) is 8.63. The maximum atomic E-state index is 13.0. The van der Waals surface area contributed by atoms with Gasteiger partial charge in [-0.3, -0.25) is 9.36 Å². The molecule has 0 aliphatic carbocycles. The minimum atomic E-state index is -0.444. The molecule has 0 fully saturated rings. The molecule has 1 atom stereocenters. The third-order valence-electron chi connectivity index (χ3n) is 4.74. The molecule has 0 radical (unpaired) electrons. The second-order valence-electron chi connectivity index (χ2n) is 7.13. The summed E-state index contributed by atoms with van der Waals surface area (Å²) in [5.41, 5.74) is 2.73. The van der Waals surface area contributed by atoms with Crippen LogP contribution in [-0.4, -0.2) is 39.7 Å². The van der Waals surface area contributed by atoms with Crippen LogP contribution >= 0.6 is 23.4 Å². The van der Waals surface area contributed by atoms with Gasteiger partial charge in [0.1, 0.15) is 5.25 Å². The van der Waals surface area contributed by atoms with Gasteiger partial charge in [-0.15, -0.1) is 10.2 Å². The number of hydrogen-bond acceptors (Lipinski definition) is 4. The third-order valence-corrected chi connectivity index (χ3v) is 6.18. The lowest BCUT2D eigenvalue weighted by molar-refractivity contribution is -0.128. The largest absolute Gasteiger partial charge is 0.348 e. The highest BCUT2D eigenvalue weighted by atomic mass is 35.5. The fourth-order valence-electron chi connectivity index (χ4n) is 3.17. The number of carbonyl (C=O) groups excluding carboxylic acids is 1. The minimum absolute atomic E-state index is 0.00754. The Hall–Kier alpha value is -3.09. The predicted molar refractivity (Wildman–Crippen MR) is 126 cm³/mol. The summed E-state index contributed by atoms with van der Waals surface area (Å²) >= 11 is 7.46. The topological polar surface area (TPSA) is 51.0 Å². The maximum absolute atomic E-state index is 13.0. The molecule has 0 aliphatic rings. The van der Waals surface area contributed by atoms with Crippen LogP contribution in [0.5, 0.6) is 0 Å². The van der Waals surface area contributed by atoms with E-state index >= 15 is 0 Å². The first-order chi connectivity index (χ1) is 15.0. The predicted octanol–water partition coefficient (Wildman–Crippen LogP) is 5.51. The average molecular weight is 449 g/mol. The van der Waals surface area contributed by atoms with E-state index in [1.807, 2.05) is 89.5 Å². The number of benzene rings is 3. The quantitative estimate of drug-likeness (QED) is 0.365. The van der Waals surface area contributed by atoms with E-state index in [1.54, 1.807) is 19.0 Å². The van der Waals surface area contributed by atoms with Crippen LogP contribution in [0, 0.1) is 0 Å². The van der Waals surface area contributed by atoms with Gasteiger partial charge in [-0.1, -0.05) is 71.9 Å². The molecule has 0 saturated carbocycles. The first-order valence-corrected chi connectivity index (χ1v) is 11.0. The summed E-state index contributed by atoms with van der Waals surface area (Å²) in [7, 11) is 3.53. The Kier molecular flexibility index (Phi) is 6.39. The van der Waals surface area contributed by atoms with Gasteiger partial charge in [0.25, 0.3) is 0 Å². The number of amides is 1. The smallest absolute Gasteiger partial charge is 0.240 e. The molecule has 7 heteroatoms. The molecule has 31 heavy (non-hydrogen) atoms. The number of halogens is 1. The molecular weight excluding hydrogens is 428 g/mol. The highest BCUT2D eigenvalue weighted by Gasteiger charge is 2.27. The van der Waals surface area contributed by atoms with Gasteiger partial charge in [-0.25, -0.2) is 0 Å². The number of rotatable bonds is 6.